The maximum atomic E-state index is 13.9. The number of rotatable bonds is 10. The van der Waals surface area contributed by atoms with Gasteiger partial charge in [-0.3, -0.25) is 19.8 Å². The number of piperidine rings is 1. The molecule has 0 aliphatic carbocycles. The minimum atomic E-state index is -3.54. The number of methoxy groups -OCH3 is 1. The fourth-order valence-corrected chi connectivity index (χ4v) is 5.17. The molecule has 1 saturated heterocycles. The van der Waals surface area contributed by atoms with Crippen LogP contribution in [0.15, 0.2) is 18.2 Å². The monoisotopic (exact) mass is 458 g/mol. The molecule has 180 valence electrons. The summed E-state index contributed by atoms with van der Waals surface area (Å²) in [6.45, 7) is 2.83. The van der Waals surface area contributed by atoms with Gasteiger partial charge in [-0.1, -0.05) is 19.4 Å². The fourth-order valence-electron chi connectivity index (χ4n) is 5.17. The number of alkyl halides is 3. The number of carbonyl (C=O) groups excluding carboxylic acids is 2. The molecule has 0 aromatic heterocycles. The zero-order valence-electron chi connectivity index (χ0n) is 19.1. The maximum Gasteiger partial charge on any atom is 0.288 e. The molecule has 32 heavy (non-hydrogen) atoms. The summed E-state index contributed by atoms with van der Waals surface area (Å²) in [5, 5.41) is 14.3. The van der Waals surface area contributed by atoms with Crippen molar-refractivity contribution in [1.82, 2.24) is 10.2 Å². The number of halogens is 3. The first-order chi connectivity index (χ1) is 15.0. The number of nitrogens with one attached hydrogen (secondary N) is 1. The predicted octanol–water partition coefficient (Wildman–Crippen LogP) is 3.13. The first kappa shape index (κ1) is 26.1. The van der Waals surface area contributed by atoms with E-state index < -0.39 is 42.1 Å². The molecule has 3 unspecified atom stereocenters. The van der Waals surface area contributed by atoms with Crippen molar-refractivity contribution in [2.75, 3.05) is 26.9 Å². The molecule has 0 radical (unpaired) electrons. The Morgan fingerprint density at radius 3 is 2.69 bits per heavy atom. The highest BCUT2D eigenvalue weighted by atomic mass is 19.3. The molecule has 1 heterocycles. The minimum Gasteiger partial charge on any atom is -0.497 e. The average molecular weight is 459 g/mol. The first-order valence-corrected chi connectivity index (χ1v) is 10.8. The summed E-state index contributed by atoms with van der Waals surface area (Å²) in [7, 11) is 1.50. The van der Waals surface area contributed by atoms with E-state index in [-0.39, 0.29) is 32.2 Å². The molecule has 9 heteroatoms. The van der Waals surface area contributed by atoms with Gasteiger partial charge in [-0.25, -0.2) is 13.2 Å². The number of nitrogens with zero attached hydrogens (tertiary/aromatic N) is 1. The summed E-state index contributed by atoms with van der Waals surface area (Å²) < 4.78 is 46.1. The van der Waals surface area contributed by atoms with E-state index in [1.807, 2.05) is 19.9 Å². The Morgan fingerprint density at radius 2 is 2.12 bits per heavy atom. The second-order valence-corrected chi connectivity index (χ2v) is 8.69. The lowest BCUT2D eigenvalue weighted by molar-refractivity contribution is -0.165. The van der Waals surface area contributed by atoms with E-state index in [2.05, 4.69) is 5.32 Å². The van der Waals surface area contributed by atoms with Crippen molar-refractivity contribution in [3.8, 4) is 5.75 Å². The molecule has 2 N–H and O–H groups in total. The molecule has 2 rings (SSSR count). The van der Waals surface area contributed by atoms with E-state index in [4.69, 9.17) is 4.74 Å². The van der Waals surface area contributed by atoms with Gasteiger partial charge in [-0.15, -0.1) is 0 Å². The topological polar surface area (TPSA) is 78.9 Å². The molecular formula is C23H33F3N2O4. The Balaban J connectivity index is 2.68. The summed E-state index contributed by atoms with van der Waals surface area (Å²) in [5.41, 5.74) is -1.31. The average Bonchev–Trinajstić information content (AvgIpc) is 2.74. The molecule has 1 aliphatic rings. The number of amides is 2. The van der Waals surface area contributed by atoms with E-state index in [0.717, 1.165) is 5.56 Å². The molecule has 2 amide bonds. The van der Waals surface area contributed by atoms with Crippen molar-refractivity contribution in [3.05, 3.63) is 29.3 Å². The van der Waals surface area contributed by atoms with Crippen LogP contribution in [0.3, 0.4) is 0 Å². The van der Waals surface area contributed by atoms with Crippen LogP contribution in [0.2, 0.25) is 0 Å². The summed E-state index contributed by atoms with van der Waals surface area (Å²) in [6, 6.07) is 4.53. The van der Waals surface area contributed by atoms with Crippen LogP contribution in [0.1, 0.15) is 50.7 Å². The first-order valence-electron chi connectivity index (χ1n) is 10.8. The van der Waals surface area contributed by atoms with Crippen molar-refractivity contribution < 1.29 is 32.6 Å². The Morgan fingerprint density at radius 1 is 1.44 bits per heavy atom. The molecule has 3 atom stereocenters. The number of hydrogen-bond acceptors (Lipinski definition) is 5. The molecule has 1 aliphatic heterocycles. The van der Waals surface area contributed by atoms with Crippen LogP contribution in [0, 0.1) is 6.92 Å². The van der Waals surface area contributed by atoms with Gasteiger partial charge in [0.05, 0.1) is 19.3 Å². The SMILES string of the molecule is CCCC1(O)C(C)N(CC(F)(F)CF)CCC1(CC(=O)NC=O)c1cc(OC)ccc1C. The third-order valence-electron chi connectivity index (χ3n) is 6.80. The third kappa shape index (κ3) is 4.93. The molecular weight excluding hydrogens is 425 g/mol. The maximum absolute atomic E-state index is 13.9. The second kappa shape index (κ2) is 10.2. The van der Waals surface area contributed by atoms with E-state index in [9.17, 15) is 27.9 Å². The van der Waals surface area contributed by atoms with Gasteiger partial charge in [0.15, 0.2) is 6.67 Å². The van der Waals surface area contributed by atoms with Gasteiger partial charge in [0, 0.05) is 17.9 Å². The molecule has 0 spiro atoms. The Hall–Kier alpha value is -2.13. The smallest absolute Gasteiger partial charge is 0.288 e. The van der Waals surface area contributed by atoms with Gasteiger partial charge in [0.25, 0.3) is 5.92 Å². The summed E-state index contributed by atoms with van der Waals surface area (Å²) in [5.74, 6) is -3.59. The molecule has 0 bridgehead atoms. The number of ether oxygens (including phenoxy) is 1. The molecule has 1 aromatic rings. The van der Waals surface area contributed by atoms with Crippen LogP contribution in [0.5, 0.6) is 5.75 Å². The van der Waals surface area contributed by atoms with E-state index in [1.54, 1.807) is 19.1 Å². The van der Waals surface area contributed by atoms with Crippen LogP contribution in [-0.2, 0) is 15.0 Å². The second-order valence-electron chi connectivity index (χ2n) is 8.69. The van der Waals surface area contributed by atoms with Gasteiger partial charge in [0.2, 0.25) is 12.3 Å². The van der Waals surface area contributed by atoms with Crippen LogP contribution in [-0.4, -0.2) is 66.8 Å². The molecule has 1 fully saturated rings. The molecule has 0 saturated carbocycles. The molecule has 6 nitrogen and oxygen atoms in total. The highest BCUT2D eigenvalue weighted by Crippen LogP contribution is 2.52. The van der Waals surface area contributed by atoms with Gasteiger partial charge in [0.1, 0.15) is 5.75 Å². The highest BCUT2D eigenvalue weighted by Gasteiger charge is 2.59. The Bertz CT molecular complexity index is 822. The van der Waals surface area contributed by atoms with Crippen molar-refractivity contribution in [3.63, 3.8) is 0 Å². The highest BCUT2D eigenvalue weighted by molar-refractivity contribution is 5.87. The third-order valence-corrected chi connectivity index (χ3v) is 6.80. The normalized spacial score (nSPS) is 26.6. The fraction of sp³-hybridized carbons (Fsp3) is 0.652. The van der Waals surface area contributed by atoms with Crippen molar-refractivity contribution in [2.24, 2.45) is 0 Å². The van der Waals surface area contributed by atoms with E-state index >= 15 is 0 Å². The number of hydrogen-bond donors (Lipinski definition) is 2. The van der Waals surface area contributed by atoms with Gasteiger partial charge < -0.3 is 9.84 Å². The number of likely N-dealkylation sites (tertiary alicyclic amines) is 1. The largest absolute Gasteiger partial charge is 0.497 e. The Kier molecular flexibility index (Phi) is 8.33. The van der Waals surface area contributed by atoms with Crippen LogP contribution >= 0.6 is 0 Å². The number of carbonyl (C=O) groups is 2. The van der Waals surface area contributed by atoms with Crippen molar-refractivity contribution >= 4 is 12.3 Å². The van der Waals surface area contributed by atoms with Crippen molar-refractivity contribution in [1.29, 1.82) is 0 Å². The van der Waals surface area contributed by atoms with Crippen LogP contribution in [0.4, 0.5) is 13.2 Å². The van der Waals surface area contributed by atoms with E-state index in [1.165, 1.54) is 12.0 Å². The lowest BCUT2D eigenvalue weighted by Crippen LogP contribution is -2.69. The van der Waals surface area contributed by atoms with Gasteiger partial charge in [-0.05, 0) is 56.5 Å². The van der Waals surface area contributed by atoms with Gasteiger partial charge in [-0.2, -0.15) is 0 Å². The summed E-state index contributed by atoms with van der Waals surface area (Å²) in [6.07, 6.45) is 0.975. The minimum absolute atomic E-state index is 0.119. The predicted molar refractivity (Wildman–Crippen MR) is 115 cm³/mol. The zero-order chi connectivity index (χ0) is 24.2. The number of benzene rings is 1. The Labute approximate surface area is 187 Å². The number of aliphatic hydroxyl groups is 1. The van der Waals surface area contributed by atoms with Gasteiger partial charge >= 0.3 is 0 Å². The lowest BCUT2D eigenvalue weighted by Gasteiger charge is -2.58. The number of imide groups is 1. The summed E-state index contributed by atoms with van der Waals surface area (Å²) in [4.78, 5) is 24.9. The lowest BCUT2D eigenvalue weighted by atomic mass is 9.56. The van der Waals surface area contributed by atoms with Crippen LogP contribution < -0.4 is 10.1 Å². The van der Waals surface area contributed by atoms with Crippen LogP contribution in [0.25, 0.3) is 0 Å². The number of aryl methyl sites for hydroxylation is 1. The zero-order valence-corrected chi connectivity index (χ0v) is 19.1. The van der Waals surface area contributed by atoms with E-state index in [0.29, 0.717) is 17.7 Å². The standard InChI is InChI=1S/C23H33F3N2O4/c1-5-8-23(31)17(3)28(14-22(25,26)13-24)10-9-21(23,12-20(30)27-15-29)19-11-18(32-4)7-6-16(19)2/h6-7,11,15,17,31H,5,8-10,12-14H2,1-4H3,(H,27,29,30). The molecule has 1 aromatic carbocycles. The quantitative estimate of drug-likeness (QED) is 0.527. The van der Waals surface area contributed by atoms with Crippen molar-refractivity contribution in [2.45, 2.75) is 69.4 Å². The summed E-state index contributed by atoms with van der Waals surface area (Å²) >= 11 is 0.